The van der Waals surface area contributed by atoms with Crippen molar-refractivity contribution in [3.8, 4) is 0 Å². The number of benzene rings is 3. The first kappa shape index (κ1) is 81.0. The first-order chi connectivity index (χ1) is 46.6. The molecule has 0 bridgehead atoms. The summed E-state index contributed by atoms with van der Waals surface area (Å²) in [5.41, 5.74) is 2.40. The van der Waals surface area contributed by atoms with Gasteiger partial charge >= 0.3 is 0 Å². The minimum Gasteiger partial charge on any atom is -0.391 e. The van der Waals surface area contributed by atoms with Crippen LogP contribution >= 0.6 is 0 Å². The number of Topliss-reactive ketones (excluding diaryl/α,β-unsaturated/α-hetero) is 3. The highest BCUT2D eigenvalue weighted by Crippen LogP contribution is 2.26. The van der Waals surface area contributed by atoms with Crippen molar-refractivity contribution in [3.63, 3.8) is 0 Å². The van der Waals surface area contributed by atoms with E-state index in [4.69, 9.17) is 0 Å². The van der Waals surface area contributed by atoms with E-state index in [0.29, 0.717) is 32.4 Å². The number of ketones is 3. The second-order valence-electron chi connectivity index (χ2n) is 29.2. The molecule has 8 amide bonds. The summed E-state index contributed by atoms with van der Waals surface area (Å²) >= 11 is 0. The topological polar surface area (TPSA) is 299 Å². The van der Waals surface area contributed by atoms with Crippen molar-refractivity contribution in [2.75, 3.05) is 39.8 Å². The lowest BCUT2D eigenvalue weighted by molar-refractivity contribution is -0.140. The Morgan fingerprint density at radius 1 is 0.541 bits per heavy atom. The Morgan fingerprint density at radius 2 is 1.08 bits per heavy atom. The Morgan fingerprint density at radius 3 is 1.64 bits per heavy atom. The second-order valence-corrected chi connectivity index (χ2v) is 29.2. The van der Waals surface area contributed by atoms with Gasteiger partial charge in [0, 0.05) is 89.0 Å². The van der Waals surface area contributed by atoms with E-state index in [2.05, 4.69) is 37.2 Å². The highest BCUT2D eigenvalue weighted by molar-refractivity contribution is 5.95. The van der Waals surface area contributed by atoms with Crippen molar-refractivity contribution in [1.82, 2.24) is 47.0 Å². The number of carbonyl (C=O) groups is 11. The Hall–Kier alpha value is -7.65. The largest absolute Gasteiger partial charge is 0.391 e. The molecule has 2 aliphatic heterocycles. The predicted octanol–water partition coefficient (Wildman–Crippen LogP) is 7.19. The van der Waals surface area contributed by atoms with Gasteiger partial charge in [-0.05, 0) is 125 Å². The molecule has 8 N–H and O–H groups in total. The third-order valence-electron chi connectivity index (χ3n) is 18.7. The molecule has 0 radical (unpaired) electrons. The molecule has 21 heteroatoms. The van der Waals surface area contributed by atoms with Crippen LogP contribution in [0.1, 0.15) is 176 Å². The van der Waals surface area contributed by atoms with Gasteiger partial charge < -0.3 is 47.2 Å². The summed E-state index contributed by atoms with van der Waals surface area (Å²) in [4.78, 5) is 162. The van der Waals surface area contributed by atoms with Gasteiger partial charge in [-0.2, -0.15) is 0 Å². The monoisotopic (exact) mass is 1360 g/mol. The average molecular weight is 1360 g/mol. The molecule has 2 aliphatic rings. The number of nitrogens with one attached hydrogen (secondary N) is 7. The van der Waals surface area contributed by atoms with Crippen LogP contribution in [0.2, 0.25) is 0 Å². The van der Waals surface area contributed by atoms with E-state index in [-0.39, 0.29) is 131 Å². The van der Waals surface area contributed by atoms with Gasteiger partial charge in [-0.1, -0.05) is 153 Å². The van der Waals surface area contributed by atoms with Gasteiger partial charge in [0.15, 0.2) is 0 Å². The first-order valence-electron chi connectivity index (χ1n) is 36.0. The molecular formula is C77H115N9O12. The van der Waals surface area contributed by atoms with E-state index in [1.54, 1.807) is 16.8 Å². The fourth-order valence-corrected chi connectivity index (χ4v) is 13.3. The molecule has 0 aliphatic carbocycles. The summed E-state index contributed by atoms with van der Waals surface area (Å²) in [5, 5.41) is 31.5. The Balaban J connectivity index is 1.51. The van der Waals surface area contributed by atoms with Crippen molar-refractivity contribution in [2.45, 2.75) is 221 Å². The number of rotatable bonds is 16. The van der Waals surface area contributed by atoms with E-state index in [0.717, 1.165) is 36.0 Å². The molecule has 98 heavy (non-hydrogen) atoms. The molecule has 3 aromatic rings. The molecule has 0 unspecified atom stereocenters. The van der Waals surface area contributed by atoms with Crippen LogP contribution in [0.4, 0.5) is 0 Å². The van der Waals surface area contributed by atoms with E-state index >= 15 is 0 Å². The maximum atomic E-state index is 14.8. The number of carbonyl (C=O) groups excluding carboxylic acids is 11. The smallest absolute Gasteiger partial charge is 0.243 e. The molecule has 0 saturated carbocycles. The zero-order valence-electron chi connectivity index (χ0n) is 60.2. The zero-order valence-corrected chi connectivity index (χ0v) is 60.2. The number of amides is 8. The van der Waals surface area contributed by atoms with E-state index in [9.17, 15) is 57.8 Å². The van der Waals surface area contributed by atoms with Crippen molar-refractivity contribution >= 4 is 64.6 Å². The molecule has 21 nitrogen and oxygen atoms in total. The lowest BCUT2D eigenvalue weighted by Gasteiger charge is -2.31. The van der Waals surface area contributed by atoms with E-state index in [1.807, 2.05) is 146 Å². The number of likely N-dealkylation sites (tertiary alicyclic amines) is 1. The van der Waals surface area contributed by atoms with Crippen molar-refractivity contribution < 1.29 is 57.8 Å². The van der Waals surface area contributed by atoms with Crippen LogP contribution in [-0.2, 0) is 72.0 Å². The molecule has 0 aromatic heterocycles. The number of aliphatic hydroxyl groups is 1. The highest BCUT2D eigenvalue weighted by atomic mass is 16.3. The van der Waals surface area contributed by atoms with Crippen LogP contribution in [0.15, 0.2) is 91.0 Å². The third-order valence-corrected chi connectivity index (χ3v) is 18.7. The van der Waals surface area contributed by atoms with Crippen LogP contribution in [0.3, 0.4) is 0 Å². The number of hydrogen-bond acceptors (Lipinski definition) is 13. The lowest BCUT2D eigenvalue weighted by atomic mass is 9.86. The molecule has 5 rings (SSSR count). The standard InChI is InChI=1S/C77H115N9O12/c1-12-52(8)71-76(97)81-65(54(10)87)45-70(92)78-46-60(38-55-25-17-13-18-26-55)68(90)43-59(77(98)86-33-23-16-24-34-86)31-32-69(91)79-53(9)72(93)82-66(37-51(6)7)75(96)83-67(42-57-29-21-15-22-30-57)74(95)80-62(36-50(4)5)44-63(88)40-58(35-49(2)3)41-64(89)48-85(11)47-61(73(94)84-71)39-56-27-19-14-20-28-56/h13-15,17-22,25-30,49-54,58-62,65-67,71,87H,12,16,23-24,31-48H2,1-11H3,(H,78,92)(H,79,91)(H,80,95)(H,81,97)(H,82,93)(H,83,96)(H,84,94)/t52-,53+,54+,58+,59+,60-,61+,62-,65+,66-,67-,71-/m0/s1. The number of hydrogen-bond donors (Lipinski definition) is 8. The molecule has 0 spiro atoms. The van der Waals surface area contributed by atoms with Crippen LogP contribution in [-0.4, -0.2) is 162 Å². The van der Waals surface area contributed by atoms with Gasteiger partial charge in [0.25, 0.3) is 0 Å². The van der Waals surface area contributed by atoms with E-state index in [1.165, 1.54) is 13.8 Å². The van der Waals surface area contributed by atoms with Gasteiger partial charge in [-0.15, -0.1) is 0 Å². The predicted molar refractivity (Wildman–Crippen MR) is 379 cm³/mol. The summed E-state index contributed by atoms with van der Waals surface area (Å²) in [6, 6.07) is 21.5. The lowest BCUT2D eigenvalue weighted by Crippen LogP contribution is -2.57. The highest BCUT2D eigenvalue weighted by Gasteiger charge is 2.37. The normalized spacial score (nSPS) is 25.8. The third kappa shape index (κ3) is 29.0. The zero-order chi connectivity index (χ0) is 72.0. The quantitative estimate of drug-likeness (QED) is 0.0706. The fraction of sp³-hybridized carbons (Fsp3) is 0.623. The van der Waals surface area contributed by atoms with Gasteiger partial charge in [0.05, 0.1) is 24.6 Å². The maximum Gasteiger partial charge on any atom is 0.243 e. The van der Waals surface area contributed by atoms with Gasteiger partial charge in [-0.25, -0.2) is 0 Å². The summed E-state index contributed by atoms with van der Waals surface area (Å²) in [6.07, 6.45) is 2.65. The second kappa shape index (κ2) is 41.7. The minimum atomic E-state index is -1.24. The van der Waals surface area contributed by atoms with Crippen molar-refractivity contribution in [1.29, 1.82) is 0 Å². The Bertz CT molecular complexity index is 3050. The molecule has 12 atom stereocenters. The summed E-state index contributed by atoms with van der Waals surface area (Å²) < 4.78 is 0. The van der Waals surface area contributed by atoms with Crippen LogP contribution in [0.25, 0.3) is 0 Å². The molecule has 2 heterocycles. The molecule has 2 fully saturated rings. The number of likely N-dealkylation sites (N-methyl/N-ethyl adjacent to an activating group) is 1. The van der Waals surface area contributed by atoms with Crippen LogP contribution < -0.4 is 37.2 Å². The van der Waals surface area contributed by atoms with Gasteiger partial charge in [0.2, 0.25) is 47.3 Å². The van der Waals surface area contributed by atoms with Crippen LogP contribution in [0, 0.1) is 47.3 Å². The number of nitrogens with zero attached hydrogens (tertiary/aromatic N) is 2. The van der Waals surface area contributed by atoms with Crippen LogP contribution in [0.5, 0.6) is 0 Å². The first-order valence-corrected chi connectivity index (χ1v) is 36.0. The average Bonchev–Trinajstić information content (AvgIpc) is 0.897. The number of aliphatic hydroxyl groups excluding tert-OH is 1. The molecular weight excluding hydrogens is 1240 g/mol. The fourth-order valence-electron chi connectivity index (χ4n) is 13.3. The van der Waals surface area contributed by atoms with Crippen molar-refractivity contribution in [2.24, 2.45) is 47.3 Å². The van der Waals surface area contributed by atoms with Crippen molar-refractivity contribution in [3.05, 3.63) is 108 Å². The molecule has 540 valence electrons. The SMILES string of the molecule is CC[C@H](C)[C@@H]1NC(=O)[C@H](Cc2ccccc2)CN(C)CC(=O)C[C@H](CC(C)C)CC(=O)C[C@H](CC(C)C)NC(=O)[C@H](Cc2ccccc2)NC(=O)[C@H](CC(C)C)NC(=O)[C@@H](C)NC(=O)CC[C@@H](C(=O)N2CCCCC2)CC(=O)[C@@H](Cc2ccccc2)CNC(=O)C[C@H]([C@@H](C)O)NC1=O. The van der Waals surface area contributed by atoms with Gasteiger partial charge in [0.1, 0.15) is 41.5 Å². The molecule has 3 aromatic carbocycles. The Labute approximate surface area is 582 Å². The molecule has 2 saturated heterocycles. The summed E-state index contributed by atoms with van der Waals surface area (Å²) in [6.45, 7) is 19.3. The van der Waals surface area contributed by atoms with Gasteiger partial charge in [-0.3, -0.25) is 57.6 Å². The summed E-state index contributed by atoms with van der Waals surface area (Å²) in [5.74, 6) is -8.12. The minimum absolute atomic E-state index is 0.0298. The van der Waals surface area contributed by atoms with E-state index < -0.39 is 114 Å². The Kier molecular flexibility index (Phi) is 34.5. The number of piperidine rings is 1. The maximum absolute atomic E-state index is 14.8. The summed E-state index contributed by atoms with van der Waals surface area (Å²) in [7, 11) is 1.76.